The molecule has 16 heteroatoms. The summed E-state index contributed by atoms with van der Waals surface area (Å²) < 4.78 is 1.35. The molecule has 1 amide bonds. The zero-order valence-electron chi connectivity index (χ0n) is 25.2. The van der Waals surface area contributed by atoms with Crippen LogP contribution in [0.5, 0.6) is 0 Å². The molecule has 0 saturated carbocycles. The number of carbonyl (C=O) groups excluding carboxylic acids is 4. The fraction of sp³-hybridized carbons (Fsp3) is 0.536. The van der Waals surface area contributed by atoms with Crippen molar-refractivity contribution in [2.24, 2.45) is 17.4 Å². The predicted octanol–water partition coefficient (Wildman–Crippen LogP) is 0.992. The minimum absolute atomic E-state index is 0.0709. The van der Waals surface area contributed by atoms with Crippen LogP contribution >= 0.6 is 24.0 Å². The van der Waals surface area contributed by atoms with Crippen LogP contribution in [0.2, 0.25) is 0 Å². The maximum atomic E-state index is 14.8. The molecule has 1 unspecified atom stereocenters. The number of carbonyl (C=O) groups is 5. The number of Topliss-reactive ketones (excluding diaryl/α,β-unsaturated/α-hetero) is 3. The van der Waals surface area contributed by atoms with Gasteiger partial charge in [-0.05, 0) is 74.9 Å². The third kappa shape index (κ3) is 6.87. The summed E-state index contributed by atoms with van der Waals surface area (Å²) in [5.41, 5.74) is 10.2. The van der Waals surface area contributed by atoms with Crippen molar-refractivity contribution in [2.75, 3.05) is 6.54 Å². The van der Waals surface area contributed by atoms with Crippen LogP contribution in [0, 0.1) is 5.92 Å². The van der Waals surface area contributed by atoms with E-state index in [-0.39, 0.29) is 22.4 Å². The zero-order valence-corrected chi connectivity index (χ0v) is 26.9. The molecule has 14 nitrogen and oxygen atoms in total. The van der Waals surface area contributed by atoms with Crippen LogP contribution in [0.1, 0.15) is 53.9 Å². The Labute approximate surface area is 264 Å². The normalized spacial score (nSPS) is 17.2. The average Bonchev–Trinajstić information content (AvgIpc) is 3.64. The van der Waals surface area contributed by atoms with Crippen LogP contribution in [-0.4, -0.2) is 105 Å². The number of hydrogen-bond acceptors (Lipinski definition) is 12. The first-order chi connectivity index (χ1) is 20.7. The minimum atomic E-state index is -2.60. The van der Waals surface area contributed by atoms with E-state index in [0.29, 0.717) is 12.1 Å². The van der Waals surface area contributed by atoms with Crippen molar-refractivity contribution in [3.63, 3.8) is 0 Å². The van der Waals surface area contributed by atoms with E-state index in [4.69, 9.17) is 23.7 Å². The number of ketones is 3. The van der Waals surface area contributed by atoms with Gasteiger partial charge in [0.1, 0.15) is 4.32 Å². The van der Waals surface area contributed by atoms with Gasteiger partial charge in [-0.2, -0.15) is 4.68 Å². The van der Waals surface area contributed by atoms with Gasteiger partial charge in [0.2, 0.25) is 16.6 Å². The summed E-state index contributed by atoms with van der Waals surface area (Å²) in [7, 11) is 0. The Hall–Kier alpha value is -3.60. The monoisotopic (exact) mass is 646 g/mol. The molecular formula is C28H38N8O6S2. The second-order valence-corrected chi connectivity index (χ2v) is 12.7. The molecular weight excluding hydrogens is 608 g/mol. The van der Waals surface area contributed by atoms with Crippen molar-refractivity contribution in [2.45, 2.75) is 88.7 Å². The summed E-state index contributed by atoms with van der Waals surface area (Å²) >= 11 is 6.70. The summed E-state index contributed by atoms with van der Waals surface area (Å²) in [6.45, 7) is 7.62. The summed E-state index contributed by atoms with van der Waals surface area (Å²) in [4.78, 5) is 70.5. The smallest absolute Gasteiger partial charge is 0.304 e. The number of carboxylic acid groups (broad SMARTS) is 1. The van der Waals surface area contributed by atoms with Crippen LogP contribution in [0.15, 0.2) is 35.5 Å². The van der Waals surface area contributed by atoms with Crippen molar-refractivity contribution in [3.05, 3.63) is 30.3 Å². The molecule has 1 aliphatic heterocycles. The lowest BCUT2D eigenvalue weighted by Gasteiger charge is -2.47. The van der Waals surface area contributed by atoms with Gasteiger partial charge in [-0.1, -0.05) is 37.3 Å². The number of benzene rings is 1. The van der Waals surface area contributed by atoms with E-state index in [2.05, 4.69) is 15.5 Å². The number of thiocarbonyl (C=S) groups is 1. The Kier molecular flexibility index (Phi) is 11.5. The summed E-state index contributed by atoms with van der Waals surface area (Å²) in [5, 5.41) is 21.3. The van der Waals surface area contributed by atoms with Gasteiger partial charge in [-0.15, -0.1) is 5.10 Å². The Morgan fingerprint density at radius 1 is 1.07 bits per heavy atom. The van der Waals surface area contributed by atoms with Crippen molar-refractivity contribution in [1.29, 1.82) is 0 Å². The molecule has 3 rings (SSSR count). The third-order valence-corrected chi connectivity index (χ3v) is 8.59. The molecule has 0 spiro atoms. The first-order valence-corrected chi connectivity index (χ1v) is 15.4. The van der Waals surface area contributed by atoms with Gasteiger partial charge in [0.15, 0.2) is 17.3 Å². The van der Waals surface area contributed by atoms with E-state index in [0.717, 1.165) is 11.8 Å². The van der Waals surface area contributed by atoms with Crippen LogP contribution in [0.4, 0.5) is 0 Å². The largest absolute Gasteiger partial charge is 0.481 e. The highest BCUT2D eigenvalue weighted by Crippen LogP contribution is 2.36. The minimum Gasteiger partial charge on any atom is -0.481 e. The zero-order chi connectivity index (χ0) is 32.9. The van der Waals surface area contributed by atoms with Crippen LogP contribution < -0.4 is 11.5 Å². The number of likely N-dealkylation sites (tertiary alicyclic amines) is 1. The van der Waals surface area contributed by atoms with E-state index in [1.54, 1.807) is 38.1 Å². The van der Waals surface area contributed by atoms with Gasteiger partial charge in [-0.25, -0.2) is 0 Å². The SMILES string of the molecule is CC(CC(=O)O)C(=O)N1CCC[C@H]1C(=O)C(C(=O)[C@H](C)N)(C(=O)[C@H](C)N)N(C(=S)Sc1nnnn1-c1ccccc1)C(C)C. The van der Waals surface area contributed by atoms with Crippen LogP contribution in [0.25, 0.3) is 5.69 Å². The van der Waals surface area contributed by atoms with Gasteiger partial charge < -0.3 is 26.4 Å². The molecule has 0 bridgehead atoms. The second kappa shape index (κ2) is 14.5. The number of para-hydroxylation sites is 1. The molecule has 238 valence electrons. The van der Waals surface area contributed by atoms with E-state index in [9.17, 15) is 29.1 Å². The second-order valence-electron chi connectivity index (χ2n) is 11.1. The summed E-state index contributed by atoms with van der Waals surface area (Å²) in [5.74, 6) is -5.45. The first kappa shape index (κ1) is 34.9. The number of aliphatic carboxylic acids is 1. The number of rotatable bonds is 13. The molecule has 1 aliphatic rings. The maximum Gasteiger partial charge on any atom is 0.304 e. The molecule has 1 aromatic carbocycles. The molecule has 2 aromatic rings. The standard InChI is InChI=1S/C28H38N8O6S2/c1-15(2)35(27(43)44-26-31-32-33-36(26)19-10-7-6-8-11-19)28(22(39)17(4)29,23(40)18(5)30)24(41)20-12-9-13-34(20)25(42)16(3)14-21(37)38/h6-8,10-11,15-18,20H,9,12-14,29-30H2,1-5H3,(H,37,38)/t16?,17-,18-,20-/m0/s1. The molecule has 1 fully saturated rings. The van der Waals surface area contributed by atoms with E-state index >= 15 is 0 Å². The lowest BCUT2D eigenvalue weighted by atomic mass is 9.74. The van der Waals surface area contributed by atoms with E-state index < -0.39 is 71.3 Å². The highest BCUT2D eigenvalue weighted by molar-refractivity contribution is 8.22. The number of nitrogens with two attached hydrogens (primary N) is 2. The predicted molar refractivity (Wildman–Crippen MR) is 166 cm³/mol. The molecule has 4 atom stereocenters. The average molecular weight is 647 g/mol. The molecule has 44 heavy (non-hydrogen) atoms. The van der Waals surface area contributed by atoms with Crippen molar-refractivity contribution in [1.82, 2.24) is 30.0 Å². The van der Waals surface area contributed by atoms with Crippen molar-refractivity contribution in [3.8, 4) is 5.69 Å². The molecule has 2 heterocycles. The van der Waals surface area contributed by atoms with Gasteiger partial charge >= 0.3 is 5.97 Å². The number of nitrogens with zero attached hydrogens (tertiary/aromatic N) is 6. The van der Waals surface area contributed by atoms with Gasteiger partial charge in [-0.3, -0.25) is 24.0 Å². The number of amides is 1. The highest BCUT2D eigenvalue weighted by Gasteiger charge is 2.62. The fourth-order valence-corrected chi connectivity index (χ4v) is 6.87. The number of tetrazole rings is 1. The molecule has 0 aliphatic carbocycles. The van der Waals surface area contributed by atoms with Gasteiger partial charge in [0.05, 0.1) is 30.2 Å². The fourth-order valence-electron chi connectivity index (χ4n) is 5.39. The van der Waals surface area contributed by atoms with Crippen molar-refractivity contribution >= 4 is 57.5 Å². The van der Waals surface area contributed by atoms with E-state index in [1.807, 2.05) is 6.07 Å². The topological polar surface area (TPSA) is 208 Å². The van der Waals surface area contributed by atoms with Crippen molar-refractivity contribution < 1.29 is 29.1 Å². The Morgan fingerprint density at radius 2 is 1.66 bits per heavy atom. The summed E-state index contributed by atoms with van der Waals surface area (Å²) in [6, 6.07) is 4.40. The van der Waals surface area contributed by atoms with E-state index in [1.165, 1.54) is 35.3 Å². The number of carboxylic acids is 1. The Bertz CT molecular complexity index is 1390. The molecule has 5 N–H and O–H groups in total. The Morgan fingerprint density at radius 3 is 2.18 bits per heavy atom. The highest BCUT2D eigenvalue weighted by atomic mass is 32.2. The molecule has 1 saturated heterocycles. The van der Waals surface area contributed by atoms with Crippen LogP contribution in [-0.2, 0) is 24.0 Å². The number of hydrogen-bond donors (Lipinski definition) is 3. The van der Waals surface area contributed by atoms with Gasteiger partial charge in [0.25, 0.3) is 0 Å². The number of thioether (sulfide) groups is 1. The maximum absolute atomic E-state index is 14.8. The van der Waals surface area contributed by atoms with Gasteiger partial charge in [0, 0.05) is 18.5 Å². The summed E-state index contributed by atoms with van der Waals surface area (Å²) in [6.07, 6.45) is 0.0834. The first-order valence-electron chi connectivity index (χ1n) is 14.2. The molecule has 1 aromatic heterocycles. The Balaban J connectivity index is 2.18. The quantitative estimate of drug-likeness (QED) is 0.158. The lowest BCUT2D eigenvalue weighted by Crippen LogP contribution is -2.75. The number of aromatic nitrogens is 4. The lowest BCUT2D eigenvalue weighted by molar-refractivity contribution is -0.156. The molecule has 0 radical (unpaired) electrons. The third-order valence-electron chi connectivity index (χ3n) is 7.33. The van der Waals surface area contributed by atoms with Crippen LogP contribution in [0.3, 0.4) is 0 Å².